The fourth-order valence-corrected chi connectivity index (χ4v) is 1.86. The Morgan fingerprint density at radius 3 is 2.50 bits per heavy atom. The Morgan fingerprint density at radius 2 is 1.89 bits per heavy atom. The Morgan fingerprint density at radius 1 is 1.22 bits per heavy atom. The molecule has 0 fully saturated rings. The van der Waals surface area contributed by atoms with Gasteiger partial charge in [0.05, 0.1) is 0 Å². The lowest BCUT2D eigenvalue weighted by atomic mass is 9.92. The van der Waals surface area contributed by atoms with Gasteiger partial charge < -0.3 is 9.84 Å². The van der Waals surface area contributed by atoms with Crippen molar-refractivity contribution in [1.82, 2.24) is 0 Å². The minimum absolute atomic E-state index is 0.0477. The highest BCUT2D eigenvalue weighted by molar-refractivity contribution is 6.32. The summed E-state index contributed by atoms with van der Waals surface area (Å²) >= 11 is 0. The monoisotopic (exact) mass is 240 g/mol. The average molecular weight is 240 g/mol. The molecule has 4 heteroatoms. The Bertz CT molecular complexity index is 556. The van der Waals surface area contributed by atoms with Gasteiger partial charge in [0, 0.05) is 0 Å². The number of carbonyl (C=O) groups is 1. The van der Waals surface area contributed by atoms with Crippen LogP contribution >= 0.6 is 0 Å². The number of carbonyl (C=O) groups excluding carboxylic acids is 1. The Hall–Kier alpha value is -2.23. The van der Waals surface area contributed by atoms with E-state index >= 15 is 0 Å². The Labute approximate surface area is 106 Å². The Balaban J connectivity index is 2.30. The molecule has 0 radical (unpaired) electrons. The van der Waals surface area contributed by atoms with Gasteiger partial charge in [-0.05, 0) is 30.7 Å². The van der Waals surface area contributed by atoms with E-state index in [1.807, 2.05) is 20.0 Å². The number of rotatable bonds is 2. The molecule has 0 bridgehead atoms. The number of phenolic OH excluding ortho intramolecular Hbond substituents is 1. The lowest BCUT2D eigenvalue weighted by Gasteiger charge is -2.09. The maximum absolute atomic E-state index is 12.0. The molecule has 0 saturated carbocycles. The molecule has 0 aliphatic carbocycles. The van der Waals surface area contributed by atoms with Crippen LogP contribution in [0.5, 0.6) is 11.5 Å². The normalized spacial score (nSPS) is 10.1. The average Bonchev–Trinajstić information content (AvgIpc) is 2.28. The van der Waals surface area contributed by atoms with Crippen molar-refractivity contribution < 1.29 is 14.6 Å². The molecule has 0 aromatic heterocycles. The molecule has 0 aliphatic heterocycles. The SMILES string of the molecule is Bc1cc(C)c(C(=O)Oc2ccccc2)c(O)c1. The molecule has 0 amide bonds. The van der Waals surface area contributed by atoms with Crippen molar-refractivity contribution in [3.63, 3.8) is 0 Å². The molecule has 3 nitrogen and oxygen atoms in total. The third-order valence-corrected chi connectivity index (χ3v) is 2.62. The van der Waals surface area contributed by atoms with E-state index in [4.69, 9.17) is 4.74 Å². The van der Waals surface area contributed by atoms with Crippen LogP contribution in [0.25, 0.3) is 0 Å². The summed E-state index contributed by atoms with van der Waals surface area (Å²) in [6.45, 7) is 1.77. The zero-order valence-electron chi connectivity index (χ0n) is 10.3. The van der Waals surface area contributed by atoms with Crippen LogP contribution in [0.2, 0.25) is 0 Å². The summed E-state index contributed by atoms with van der Waals surface area (Å²) in [7, 11) is 1.86. The van der Waals surface area contributed by atoms with E-state index < -0.39 is 5.97 Å². The van der Waals surface area contributed by atoms with E-state index in [9.17, 15) is 9.90 Å². The van der Waals surface area contributed by atoms with Crippen LogP contribution in [-0.2, 0) is 0 Å². The standard InChI is InChI=1S/C14H13BO3/c1-9-7-10(15)8-12(16)13(9)14(17)18-11-5-3-2-4-6-11/h2-8,16H,15H2,1H3. The first-order chi connectivity index (χ1) is 8.58. The van der Waals surface area contributed by atoms with E-state index in [0.29, 0.717) is 11.3 Å². The molecule has 0 atom stereocenters. The second-order valence-corrected chi connectivity index (χ2v) is 4.18. The largest absolute Gasteiger partial charge is 0.507 e. The first-order valence-corrected chi connectivity index (χ1v) is 5.65. The molecule has 0 saturated heterocycles. The summed E-state index contributed by atoms with van der Waals surface area (Å²) < 4.78 is 5.20. The zero-order valence-corrected chi connectivity index (χ0v) is 10.3. The van der Waals surface area contributed by atoms with E-state index in [1.54, 1.807) is 37.3 Å². The number of benzene rings is 2. The summed E-state index contributed by atoms with van der Waals surface area (Å²) in [5.74, 6) is -0.133. The van der Waals surface area contributed by atoms with Gasteiger partial charge in [-0.1, -0.05) is 29.7 Å². The van der Waals surface area contributed by atoms with Gasteiger partial charge in [-0.15, -0.1) is 0 Å². The highest BCUT2D eigenvalue weighted by Crippen LogP contribution is 2.21. The van der Waals surface area contributed by atoms with Crippen molar-refractivity contribution in [1.29, 1.82) is 0 Å². The highest BCUT2D eigenvalue weighted by Gasteiger charge is 2.16. The summed E-state index contributed by atoms with van der Waals surface area (Å²) in [5.41, 5.74) is 1.82. The molecule has 2 aromatic rings. The van der Waals surface area contributed by atoms with E-state index in [1.165, 1.54) is 0 Å². The zero-order chi connectivity index (χ0) is 13.1. The molecule has 18 heavy (non-hydrogen) atoms. The van der Waals surface area contributed by atoms with Gasteiger partial charge in [0.2, 0.25) is 0 Å². The van der Waals surface area contributed by atoms with Crippen LogP contribution in [0.1, 0.15) is 15.9 Å². The predicted molar refractivity (Wildman–Crippen MR) is 72.4 cm³/mol. The number of esters is 1. The maximum Gasteiger partial charge on any atom is 0.347 e. The topological polar surface area (TPSA) is 46.5 Å². The van der Waals surface area contributed by atoms with Gasteiger partial charge in [0.25, 0.3) is 0 Å². The minimum atomic E-state index is -0.545. The molecule has 0 spiro atoms. The van der Waals surface area contributed by atoms with Crippen LogP contribution in [-0.4, -0.2) is 18.9 Å². The van der Waals surface area contributed by atoms with E-state index in [-0.39, 0.29) is 11.3 Å². The van der Waals surface area contributed by atoms with Gasteiger partial charge in [0.1, 0.15) is 24.9 Å². The summed E-state index contributed by atoms with van der Waals surface area (Å²) in [4.78, 5) is 12.0. The molecule has 2 rings (SSSR count). The van der Waals surface area contributed by atoms with Gasteiger partial charge in [-0.25, -0.2) is 4.79 Å². The maximum atomic E-state index is 12.0. The number of aryl methyl sites for hydroxylation is 1. The fraction of sp³-hybridized carbons (Fsp3) is 0.0714. The van der Waals surface area contributed by atoms with Gasteiger partial charge in [0.15, 0.2) is 0 Å². The van der Waals surface area contributed by atoms with Crippen LogP contribution in [0.4, 0.5) is 0 Å². The third-order valence-electron chi connectivity index (χ3n) is 2.62. The molecule has 2 aromatic carbocycles. The van der Waals surface area contributed by atoms with Crippen LogP contribution in [0.3, 0.4) is 0 Å². The smallest absolute Gasteiger partial charge is 0.347 e. The van der Waals surface area contributed by atoms with Gasteiger partial charge >= 0.3 is 5.97 Å². The van der Waals surface area contributed by atoms with Crippen molar-refractivity contribution in [2.75, 3.05) is 0 Å². The van der Waals surface area contributed by atoms with Crippen LogP contribution in [0, 0.1) is 6.92 Å². The molecule has 0 unspecified atom stereocenters. The summed E-state index contributed by atoms with van der Waals surface area (Å²) in [6, 6.07) is 12.2. The van der Waals surface area contributed by atoms with E-state index in [2.05, 4.69) is 0 Å². The lowest BCUT2D eigenvalue weighted by molar-refractivity contribution is 0.0731. The number of hydrogen-bond donors (Lipinski definition) is 1. The number of phenols is 1. The second-order valence-electron chi connectivity index (χ2n) is 4.18. The number of para-hydroxylation sites is 1. The van der Waals surface area contributed by atoms with Crippen LogP contribution < -0.4 is 10.2 Å². The first-order valence-electron chi connectivity index (χ1n) is 5.65. The number of hydrogen-bond acceptors (Lipinski definition) is 3. The fourth-order valence-electron chi connectivity index (χ4n) is 1.86. The Kier molecular flexibility index (Phi) is 3.37. The van der Waals surface area contributed by atoms with Crippen molar-refractivity contribution in [2.24, 2.45) is 0 Å². The molecule has 0 aliphatic rings. The second kappa shape index (κ2) is 4.96. The number of aromatic hydroxyl groups is 1. The number of ether oxygens (including phenoxy) is 1. The highest BCUT2D eigenvalue weighted by atomic mass is 16.5. The molecule has 90 valence electrons. The van der Waals surface area contributed by atoms with E-state index in [0.717, 1.165) is 5.46 Å². The minimum Gasteiger partial charge on any atom is -0.507 e. The van der Waals surface area contributed by atoms with Crippen molar-refractivity contribution in [2.45, 2.75) is 6.92 Å². The molecule has 1 N–H and O–H groups in total. The quantitative estimate of drug-likeness (QED) is 0.487. The molecular weight excluding hydrogens is 227 g/mol. The summed E-state index contributed by atoms with van der Waals surface area (Å²) in [5, 5.41) is 9.82. The van der Waals surface area contributed by atoms with Crippen molar-refractivity contribution >= 4 is 19.3 Å². The predicted octanol–water partition coefficient (Wildman–Crippen LogP) is 1.18. The van der Waals surface area contributed by atoms with Crippen molar-refractivity contribution in [3.8, 4) is 11.5 Å². The van der Waals surface area contributed by atoms with Gasteiger partial charge in [-0.2, -0.15) is 0 Å². The third kappa shape index (κ3) is 2.54. The lowest BCUT2D eigenvalue weighted by Crippen LogP contribution is -2.13. The van der Waals surface area contributed by atoms with Gasteiger partial charge in [-0.3, -0.25) is 0 Å². The first kappa shape index (κ1) is 12.2. The van der Waals surface area contributed by atoms with Crippen LogP contribution in [0.15, 0.2) is 42.5 Å². The van der Waals surface area contributed by atoms with Crippen molar-refractivity contribution in [3.05, 3.63) is 53.6 Å². The summed E-state index contributed by atoms with van der Waals surface area (Å²) in [6.07, 6.45) is 0. The molecular formula is C14H13BO3. The molecule has 0 heterocycles.